The van der Waals surface area contributed by atoms with Gasteiger partial charge in [0.2, 0.25) is 0 Å². The molecule has 0 saturated carbocycles. The van der Waals surface area contributed by atoms with Crippen LogP contribution in [0.2, 0.25) is 0 Å². The highest BCUT2D eigenvalue weighted by molar-refractivity contribution is 6.62. The van der Waals surface area contributed by atoms with Crippen molar-refractivity contribution in [3.8, 4) is 0 Å². The van der Waals surface area contributed by atoms with Crippen LogP contribution < -0.4 is 5.46 Å². The number of carbonyl (C=O) groups excluding carboxylic acids is 1. The predicted octanol–water partition coefficient (Wildman–Crippen LogP) is 3.14. The molecule has 7 heteroatoms. The Hall–Kier alpha value is -1.47. The monoisotopic (exact) mass is 365 g/mol. The lowest BCUT2D eigenvalue weighted by Gasteiger charge is -2.32. The number of nitrogens with zero attached hydrogens (tertiary/aromatic N) is 1. The molecule has 0 atom stereocenters. The van der Waals surface area contributed by atoms with E-state index in [0.29, 0.717) is 19.0 Å². The fraction of sp³-hybridized carbons (Fsp3) is 0.632. The first kappa shape index (κ1) is 19.3. The Balaban J connectivity index is 1.85. The van der Waals surface area contributed by atoms with Gasteiger partial charge in [-0.05, 0) is 52.5 Å². The second-order valence-corrected chi connectivity index (χ2v) is 8.39. The van der Waals surface area contributed by atoms with Crippen LogP contribution in [0.15, 0.2) is 12.1 Å². The molecule has 0 spiro atoms. The summed E-state index contributed by atoms with van der Waals surface area (Å²) in [4.78, 5) is 14.2. The highest BCUT2D eigenvalue weighted by Crippen LogP contribution is 2.36. The van der Waals surface area contributed by atoms with Crippen molar-refractivity contribution in [3.05, 3.63) is 29.3 Å². The zero-order valence-corrected chi connectivity index (χ0v) is 16.1. The number of amides is 1. The summed E-state index contributed by atoms with van der Waals surface area (Å²) >= 11 is 0. The van der Waals surface area contributed by atoms with E-state index in [1.54, 1.807) is 4.90 Å². The summed E-state index contributed by atoms with van der Waals surface area (Å²) in [5, 5.41) is 0. The van der Waals surface area contributed by atoms with E-state index in [1.165, 1.54) is 12.1 Å². The Labute approximate surface area is 154 Å². The fourth-order valence-corrected chi connectivity index (χ4v) is 3.26. The van der Waals surface area contributed by atoms with Crippen molar-refractivity contribution in [1.29, 1.82) is 0 Å². The van der Waals surface area contributed by atoms with Crippen LogP contribution in [0.25, 0.3) is 0 Å². The SMILES string of the molecule is CC1CCN(C(=O)c2ccc(B3OC(C)(C)C(C)(C)O3)c(F)c2F)CC1. The number of benzene rings is 1. The molecule has 2 fully saturated rings. The molecule has 1 amide bonds. The summed E-state index contributed by atoms with van der Waals surface area (Å²) in [5.74, 6) is -2.14. The Bertz CT molecular complexity index is 699. The lowest BCUT2D eigenvalue weighted by Crippen LogP contribution is -2.41. The van der Waals surface area contributed by atoms with Gasteiger partial charge in [0, 0.05) is 18.6 Å². The molecular formula is C19H26BF2NO3. The van der Waals surface area contributed by atoms with E-state index in [1.807, 2.05) is 27.7 Å². The summed E-state index contributed by atoms with van der Waals surface area (Å²) in [7, 11) is -1.01. The Morgan fingerprint density at radius 3 is 2.15 bits per heavy atom. The maximum atomic E-state index is 14.7. The van der Waals surface area contributed by atoms with Crippen LogP contribution in [-0.2, 0) is 9.31 Å². The van der Waals surface area contributed by atoms with Gasteiger partial charge in [-0.3, -0.25) is 4.79 Å². The van der Waals surface area contributed by atoms with Crippen molar-refractivity contribution in [2.75, 3.05) is 13.1 Å². The van der Waals surface area contributed by atoms with Gasteiger partial charge in [0.1, 0.15) is 0 Å². The third-order valence-corrected chi connectivity index (χ3v) is 5.92. The highest BCUT2D eigenvalue weighted by atomic mass is 19.2. The zero-order chi connectivity index (χ0) is 19.3. The molecule has 1 aromatic rings. The molecule has 1 aromatic carbocycles. The smallest absolute Gasteiger partial charge is 0.399 e. The van der Waals surface area contributed by atoms with E-state index >= 15 is 0 Å². The first-order chi connectivity index (χ1) is 12.0. The van der Waals surface area contributed by atoms with E-state index in [2.05, 4.69) is 6.92 Å². The van der Waals surface area contributed by atoms with Crippen LogP contribution in [0.5, 0.6) is 0 Å². The largest absolute Gasteiger partial charge is 0.497 e. The van der Waals surface area contributed by atoms with Crippen LogP contribution in [0.3, 0.4) is 0 Å². The second kappa shape index (κ2) is 6.61. The molecule has 2 heterocycles. The topological polar surface area (TPSA) is 38.8 Å². The lowest BCUT2D eigenvalue weighted by molar-refractivity contribution is 0.00578. The first-order valence-electron chi connectivity index (χ1n) is 9.16. The van der Waals surface area contributed by atoms with Gasteiger partial charge in [0.15, 0.2) is 11.6 Å². The number of hydrogen-bond acceptors (Lipinski definition) is 3. The summed E-state index contributed by atoms with van der Waals surface area (Å²) in [6.07, 6.45) is 1.75. The standard InChI is InChI=1S/C19H26BF2NO3/c1-12-8-10-23(11-9-12)17(24)13-6-7-14(16(22)15(13)21)20-25-18(2,3)19(4,5)26-20/h6-7,12H,8-11H2,1-5H3. The molecule has 0 aliphatic carbocycles. The van der Waals surface area contributed by atoms with Crippen LogP contribution in [-0.4, -0.2) is 42.2 Å². The van der Waals surface area contributed by atoms with Crippen molar-refractivity contribution in [2.24, 2.45) is 5.92 Å². The van der Waals surface area contributed by atoms with Crippen LogP contribution in [0.1, 0.15) is 57.8 Å². The van der Waals surface area contributed by atoms with E-state index in [4.69, 9.17) is 9.31 Å². The van der Waals surface area contributed by atoms with E-state index < -0.39 is 35.9 Å². The molecule has 0 unspecified atom stereocenters. The van der Waals surface area contributed by atoms with Crippen LogP contribution in [0.4, 0.5) is 8.78 Å². The zero-order valence-electron chi connectivity index (χ0n) is 16.1. The number of hydrogen-bond donors (Lipinski definition) is 0. The Morgan fingerprint density at radius 2 is 1.62 bits per heavy atom. The highest BCUT2D eigenvalue weighted by Gasteiger charge is 2.52. The molecule has 2 aliphatic heterocycles. The molecule has 4 nitrogen and oxygen atoms in total. The molecule has 0 bridgehead atoms. The van der Waals surface area contributed by atoms with Crippen molar-refractivity contribution in [1.82, 2.24) is 4.90 Å². The third kappa shape index (κ3) is 3.27. The number of likely N-dealkylation sites (tertiary alicyclic amines) is 1. The average molecular weight is 365 g/mol. The number of piperidine rings is 1. The molecule has 2 aliphatic rings. The summed E-state index contributed by atoms with van der Waals surface area (Å²) < 4.78 is 40.9. The van der Waals surface area contributed by atoms with Crippen LogP contribution >= 0.6 is 0 Å². The van der Waals surface area contributed by atoms with Gasteiger partial charge in [-0.1, -0.05) is 13.0 Å². The molecular weight excluding hydrogens is 339 g/mol. The lowest BCUT2D eigenvalue weighted by atomic mass is 9.78. The van der Waals surface area contributed by atoms with Gasteiger partial charge in [-0.25, -0.2) is 8.78 Å². The Morgan fingerprint density at radius 1 is 1.08 bits per heavy atom. The minimum Gasteiger partial charge on any atom is -0.399 e. The molecule has 0 N–H and O–H groups in total. The van der Waals surface area contributed by atoms with Gasteiger partial charge < -0.3 is 14.2 Å². The van der Waals surface area contributed by atoms with E-state index in [9.17, 15) is 13.6 Å². The quantitative estimate of drug-likeness (QED) is 0.756. The summed E-state index contributed by atoms with van der Waals surface area (Å²) in [5.41, 5.74) is -1.57. The number of halogens is 2. The second-order valence-electron chi connectivity index (χ2n) is 8.39. The van der Waals surface area contributed by atoms with Crippen molar-refractivity contribution in [2.45, 2.75) is 58.7 Å². The van der Waals surface area contributed by atoms with Crippen LogP contribution in [0, 0.1) is 17.6 Å². The Kier molecular flexibility index (Phi) is 4.90. The molecule has 0 aromatic heterocycles. The minimum atomic E-state index is -1.14. The molecule has 0 radical (unpaired) electrons. The number of carbonyl (C=O) groups is 1. The summed E-state index contributed by atoms with van der Waals surface area (Å²) in [6, 6.07) is 2.72. The normalized spacial score (nSPS) is 22.7. The van der Waals surface area contributed by atoms with Gasteiger partial charge in [0.05, 0.1) is 16.8 Å². The van der Waals surface area contributed by atoms with Gasteiger partial charge >= 0.3 is 7.12 Å². The maximum Gasteiger partial charge on any atom is 0.497 e. The third-order valence-electron chi connectivity index (χ3n) is 5.92. The maximum absolute atomic E-state index is 14.7. The molecule has 26 heavy (non-hydrogen) atoms. The number of rotatable bonds is 2. The van der Waals surface area contributed by atoms with E-state index in [-0.39, 0.29) is 11.0 Å². The fourth-order valence-electron chi connectivity index (χ4n) is 3.26. The first-order valence-corrected chi connectivity index (χ1v) is 9.16. The van der Waals surface area contributed by atoms with Gasteiger partial charge in [-0.15, -0.1) is 0 Å². The molecule has 142 valence electrons. The van der Waals surface area contributed by atoms with Crippen molar-refractivity contribution >= 4 is 18.5 Å². The average Bonchev–Trinajstić information content (AvgIpc) is 2.78. The molecule has 2 saturated heterocycles. The van der Waals surface area contributed by atoms with E-state index in [0.717, 1.165) is 12.8 Å². The minimum absolute atomic E-state index is 0.0232. The summed E-state index contributed by atoms with van der Waals surface area (Å²) in [6.45, 7) is 10.6. The van der Waals surface area contributed by atoms with Gasteiger partial charge in [-0.2, -0.15) is 0 Å². The predicted molar refractivity (Wildman–Crippen MR) is 96.4 cm³/mol. The van der Waals surface area contributed by atoms with Crippen molar-refractivity contribution in [3.63, 3.8) is 0 Å². The molecule has 3 rings (SSSR count). The van der Waals surface area contributed by atoms with Gasteiger partial charge in [0.25, 0.3) is 5.91 Å². The van der Waals surface area contributed by atoms with Crippen molar-refractivity contribution < 1.29 is 22.9 Å².